The van der Waals surface area contributed by atoms with E-state index in [1.807, 2.05) is 0 Å². The fourth-order valence-electron chi connectivity index (χ4n) is 1.74. The standard InChI is InChI=1S/C13H11ClF3N3O2/c1-22-9-4-2-8(3-5-9)7-20-11(10(21)6-14)18-12(19-20)13(15,16)17/h2-5H,6-7H2,1H3. The number of benzene rings is 1. The number of hydrogen-bond donors (Lipinski definition) is 0. The van der Waals surface area contributed by atoms with Crippen molar-refractivity contribution in [2.75, 3.05) is 13.0 Å². The second-order valence-corrected chi connectivity index (χ2v) is 4.59. The molecule has 0 aliphatic heterocycles. The summed E-state index contributed by atoms with van der Waals surface area (Å²) in [5, 5.41) is 3.36. The number of Topliss-reactive ketones (excluding diaryl/α,β-unsaturated/α-hetero) is 1. The van der Waals surface area contributed by atoms with Crippen LogP contribution in [0.25, 0.3) is 0 Å². The van der Waals surface area contributed by atoms with Crippen molar-refractivity contribution >= 4 is 17.4 Å². The molecular weight excluding hydrogens is 323 g/mol. The third kappa shape index (κ3) is 3.56. The zero-order chi connectivity index (χ0) is 16.3. The van der Waals surface area contributed by atoms with Gasteiger partial charge in [0.25, 0.3) is 5.82 Å². The summed E-state index contributed by atoms with van der Waals surface area (Å²) in [7, 11) is 1.50. The molecule has 9 heteroatoms. The number of methoxy groups -OCH3 is 1. The van der Waals surface area contributed by atoms with Crippen LogP contribution in [-0.4, -0.2) is 33.5 Å². The van der Waals surface area contributed by atoms with Crippen LogP contribution in [0.4, 0.5) is 13.2 Å². The van der Waals surface area contributed by atoms with Crippen molar-refractivity contribution < 1.29 is 22.7 Å². The number of nitrogens with zero attached hydrogens (tertiary/aromatic N) is 3. The highest BCUT2D eigenvalue weighted by Gasteiger charge is 2.37. The molecule has 2 aromatic rings. The molecule has 0 saturated heterocycles. The predicted molar refractivity (Wildman–Crippen MR) is 72.2 cm³/mol. The van der Waals surface area contributed by atoms with Gasteiger partial charge in [-0.05, 0) is 17.7 Å². The van der Waals surface area contributed by atoms with Crippen molar-refractivity contribution in [1.82, 2.24) is 14.8 Å². The first kappa shape index (κ1) is 16.3. The second-order valence-electron chi connectivity index (χ2n) is 4.32. The van der Waals surface area contributed by atoms with Crippen molar-refractivity contribution in [2.24, 2.45) is 0 Å². The van der Waals surface area contributed by atoms with Crippen molar-refractivity contribution in [3.63, 3.8) is 0 Å². The van der Waals surface area contributed by atoms with E-state index < -0.39 is 29.5 Å². The Hall–Kier alpha value is -2.09. The summed E-state index contributed by atoms with van der Waals surface area (Å²) in [6.45, 7) is -0.0367. The van der Waals surface area contributed by atoms with Gasteiger partial charge in [-0.25, -0.2) is 4.68 Å². The zero-order valence-corrected chi connectivity index (χ0v) is 12.1. The monoisotopic (exact) mass is 333 g/mol. The number of ketones is 1. The number of alkyl halides is 4. The summed E-state index contributed by atoms with van der Waals surface area (Å²) in [6, 6.07) is 6.62. The highest BCUT2D eigenvalue weighted by molar-refractivity contribution is 6.29. The summed E-state index contributed by atoms with van der Waals surface area (Å²) < 4.78 is 44.0. The van der Waals surface area contributed by atoms with Gasteiger partial charge in [-0.1, -0.05) is 12.1 Å². The van der Waals surface area contributed by atoms with Gasteiger partial charge in [0, 0.05) is 0 Å². The Morgan fingerprint density at radius 3 is 2.45 bits per heavy atom. The Kier molecular flexibility index (Phi) is 4.70. The van der Waals surface area contributed by atoms with Crippen LogP contribution in [0.3, 0.4) is 0 Å². The third-order valence-corrected chi connectivity index (χ3v) is 3.03. The fraction of sp³-hybridized carbons (Fsp3) is 0.308. The summed E-state index contributed by atoms with van der Waals surface area (Å²) in [5.41, 5.74) is 0.642. The Bertz CT molecular complexity index is 668. The molecule has 0 aliphatic carbocycles. The van der Waals surface area contributed by atoms with E-state index in [-0.39, 0.29) is 6.54 Å². The molecular formula is C13H11ClF3N3O2. The summed E-state index contributed by atoms with van der Waals surface area (Å²) in [5.74, 6) is -2.38. The number of carbonyl (C=O) groups is 1. The molecule has 0 atom stereocenters. The van der Waals surface area contributed by atoms with Gasteiger partial charge < -0.3 is 4.74 Å². The highest BCUT2D eigenvalue weighted by atomic mass is 35.5. The lowest BCUT2D eigenvalue weighted by atomic mass is 10.2. The minimum absolute atomic E-state index is 0.0367. The van der Waals surface area contributed by atoms with Gasteiger partial charge in [0.15, 0.2) is 5.82 Å². The van der Waals surface area contributed by atoms with Crippen molar-refractivity contribution in [2.45, 2.75) is 12.7 Å². The average molecular weight is 334 g/mol. The van der Waals surface area contributed by atoms with Crippen molar-refractivity contribution in [3.8, 4) is 5.75 Å². The minimum atomic E-state index is -4.73. The molecule has 2 rings (SSSR count). The molecule has 1 aromatic carbocycles. The first-order valence-electron chi connectivity index (χ1n) is 6.09. The maximum atomic E-state index is 12.7. The molecule has 0 spiro atoms. The van der Waals surface area contributed by atoms with Gasteiger partial charge in [-0.2, -0.15) is 18.2 Å². The van der Waals surface area contributed by atoms with Crippen LogP contribution in [0.15, 0.2) is 24.3 Å². The number of ether oxygens (including phenoxy) is 1. The molecule has 22 heavy (non-hydrogen) atoms. The number of carbonyl (C=O) groups excluding carboxylic acids is 1. The van der Waals surface area contributed by atoms with E-state index in [2.05, 4.69) is 10.1 Å². The van der Waals surface area contributed by atoms with Crippen LogP contribution < -0.4 is 4.74 Å². The highest BCUT2D eigenvalue weighted by Crippen LogP contribution is 2.26. The van der Waals surface area contributed by atoms with Gasteiger partial charge in [0.2, 0.25) is 5.78 Å². The van der Waals surface area contributed by atoms with Crippen LogP contribution in [0.1, 0.15) is 22.0 Å². The Morgan fingerprint density at radius 2 is 1.95 bits per heavy atom. The van der Waals surface area contributed by atoms with E-state index in [0.717, 1.165) is 4.68 Å². The van der Waals surface area contributed by atoms with Gasteiger partial charge in [0.1, 0.15) is 5.75 Å². The van der Waals surface area contributed by atoms with Gasteiger partial charge in [-0.3, -0.25) is 4.79 Å². The Balaban J connectivity index is 2.35. The molecule has 0 saturated carbocycles. The maximum Gasteiger partial charge on any atom is 0.453 e. The van der Waals surface area contributed by atoms with Gasteiger partial charge >= 0.3 is 6.18 Å². The minimum Gasteiger partial charge on any atom is -0.497 e. The normalized spacial score (nSPS) is 11.5. The molecule has 0 amide bonds. The van der Waals surface area contributed by atoms with E-state index in [9.17, 15) is 18.0 Å². The van der Waals surface area contributed by atoms with Crippen LogP contribution in [0, 0.1) is 0 Å². The number of hydrogen-bond acceptors (Lipinski definition) is 4. The number of halogens is 4. The smallest absolute Gasteiger partial charge is 0.453 e. The SMILES string of the molecule is COc1ccc(Cn2nc(C(F)(F)F)nc2C(=O)CCl)cc1. The van der Waals surface area contributed by atoms with Crippen molar-refractivity contribution in [1.29, 1.82) is 0 Å². The van der Waals surface area contributed by atoms with Crippen LogP contribution >= 0.6 is 11.6 Å². The molecule has 1 heterocycles. The lowest BCUT2D eigenvalue weighted by Crippen LogP contribution is -2.13. The summed E-state index contributed by atoms with van der Waals surface area (Å²) in [4.78, 5) is 14.9. The van der Waals surface area contributed by atoms with Crippen LogP contribution in [0.2, 0.25) is 0 Å². The summed E-state index contributed by atoms with van der Waals surface area (Å²) >= 11 is 5.40. The van der Waals surface area contributed by atoms with Crippen molar-refractivity contribution in [3.05, 3.63) is 41.5 Å². The zero-order valence-electron chi connectivity index (χ0n) is 11.4. The second kappa shape index (κ2) is 6.35. The molecule has 0 N–H and O–H groups in total. The molecule has 0 radical (unpaired) electrons. The molecule has 5 nitrogen and oxygen atoms in total. The predicted octanol–water partition coefficient (Wildman–Crippen LogP) is 2.78. The molecule has 0 unspecified atom stereocenters. The lowest BCUT2D eigenvalue weighted by Gasteiger charge is -2.05. The molecule has 0 fully saturated rings. The van der Waals surface area contributed by atoms with E-state index >= 15 is 0 Å². The molecule has 0 aliphatic rings. The van der Waals surface area contributed by atoms with E-state index in [1.54, 1.807) is 24.3 Å². The first-order valence-corrected chi connectivity index (χ1v) is 6.62. The van der Waals surface area contributed by atoms with Gasteiger partial charge in [-0.15, -0.1) is 16.7 Å². The maximum absolute atomic E-state index is 12.7. The molecule has 0 bridgehead atoms. The van der Waals surface area contributed by atoms with E-state index in [0.29, 0.717) is 11.3 Å². The average Bonchev–Trinajstić information content (AvgIpc) is 2.91. The largest absolute Gasteiger partial charge is 0.497 e. The van der Waals surface area contributed by atoms with E-state index in [4.69, 9.17) is 16.3 Å². The third-order valence-electron chi connectivity index (χ3n) is 2.79. The number of rotatable bonds is 5. The summed E-state index contributed by atoms with van der Waals surface area (Å²) in [6.07, 6.45) is -4.73. The van der Waals surface area contributed by atoms with Gasteiger partial charge in [0.05, 0.1) is 19.5 Å². The Morgan fingerprint density at radius 1 is 1.32 bits per heavy atom. The molecule has 1 aromatic heterocycles. The fourth-order valence-corrected chi connectivity index (χ4v) is 1.86. The van der Waals surface area contributed by atoms with E-state index in [1.165, 1.54) is 7.11 Å². The quantitative estimate of drug-likeness (QED) is 0.623. The van der Waals surface area contributed by atoms with Crippen LogP contribution in [-0.2, 0) is 12.7 Å². The molecule has 118 valence electrons. The lowest BCUT2D eigenvalue weighted by molar-refractivity contribution is -0.145. The Labute approximate surface area is 128 Å². The van der Waals surface area contributed by atoms with Crippen LogP contribution in [0.5, 0.6) is 5.75 Å². The number of aromatic nitrogens is 3. The first-order chi connectivity index (χ1) is 10.3. The topological polar surface area (TPSA) is 57.0 Å².